The van der Waals surface area contributed by atoms with Crippen LogP contribution in [-0.4, -0.2) is 15.5 Å². The fraction of sp³-hybridized carbons (Fsp3) is 0.200. The van der Waals surface area contributed by atoms with E-state index in [-0.39, 0.29) is 17.2 Å². The Balaban J connectivity index is 2.05. The zero-order valence-electron chi connectivity index (χ0n) is 14.1. The molecule has 132 valence electrons. The molecule has 0 unspecified atom stereocenters. The van der Waals surface area contributed by atoms with Crippen molar-refractivity contribution in [1.82, 2.24) is 4.40 Å². The smallest absolute Gasteiger partial charge is 0.341 e. The Kier molecular flexibility index (Phi) is 3.57. The van der Waals surface area contributed by atoms with Gasteiger partial charge in [0.1, 0.15) is 11.4 Å². The van der Waals surface area contributed by atoms with Gasteiger partial charge in [0, 0.05) is 6.20 Å². The molecule has 4 rings (SSSR count). The number of hydrogen-bond donors (Lipinski definition) is 2. The van der Waals surface area contributed by atoms with E-state index in [1.807, 2.05) is 6.92 Å². The summed E-state index contributed by atoms with van der Waals surface area (Å²) in [5.41, 5.74) is 8.67. The number of pyridine rings is 2. The first-order chi connectivity index (χ1) is 12.4. The number of fused-ring (bicyclic) bond motifs is 1. The van der Waals surface area contributed by atoms with E-state index in [9.17, 15) is 19.1 Å². The van der Waals surface area contributed by atoms with Gasteiger partial charge in [-0.25, -0.2) is 9.18 Å². The molecule has 1 saturated carbocycles. The summed E-state index contributed by atoms with van der Waals surface area (Å²) in [6.45, 7) is 1.87. The van der Waals surface area contributed by atoms with Gasteiger partial charge in [0.25, 0.3) is 5.56 Å². The van der Waals surface area contributed by atoms with Crippen LogP contribution in [0, 0.1) is 12.7 Å². The van der Waals surface area contributed by atoms with Gasteiger partial charge in [-0.1, -0.05) is 6.07 Å². The lowest BCUT2D eigenvalue weighted by Crippen LogP contribution is -2.23. The lowest BCUT2D eigenvalue weighted by molar-refractivity contribution is 0.0694. The molecule has 0 bridgehead atoms. The van der Waals surface area contributed by atoms with Gasteiger partial charge in [-0.15, -0.1) is 0 Å². The Hall–Kier alpha value is -3.15. The van der Waals surface area contributed by atoms with Crippen LogP contribution in [0.3, 0.4) is 0 Å². The molecule has 26 heavy (non-hydrogen) atoms. The van der Waals surface area contributed by atoms with Crippen LogP contribution < -0.4 is 11.3 Å². The van der Waals surface area contributed by atoms with Crippen molar-refractivity contribution in [2.75, 3.05) is 5.73 Å². The number of hydrogen-bond acceptors (Lipinski definition) is 3. The summed E-state index contributed by atoms with van der Waals surface area (Å²) in [6, 6.07) is 7.82. The number of nitrogen functional groups attached to an aromatic ring is 1. The van der Waals surface area contributed by atoms with E-state index < -0.39 is 17.3 Å². The summed E-state index contributed by atoms with van der Waals surface area (Å²) < 4.78 is 15.3. The first-order valence-corrected chi connectivity index (χ1v) is 8.36. The molecular formula is C20H17FN2O3. The summed E-state index contributed by atoms with van der Waals surface area (Å²) in [5, 5.41) is 9.34. The Morgan fingerprint density at radius 2 is 2.00 bits per heavy atom. The molecule has 0 amide bonds. The van der Waals surface area contributed by atoms with E-state index >= 15 is 0 Å². The molecule has 1 aliphatic rings. The first kappa shape index (κ1) is 16.3. The van der Waals surface area contributed by atoms with Crippen molar-refractivity contribution in [3.8, 4) is 11.1 Å². The van der Waals surface area contributed by atoms with Crippen LogP contribution in [0.4, 0.5) is 10.1 Å². The number of aryl methyl sites for hydroxylation is 1. The fourth-order valence-electron chi connectivity index (χ4n) is 3.46. The number of nitrogens with zero attached hydrogens (tertiary/aromatic N) is 1. The van der Waals surface area contributed by atoms with Crippen molar-refractivity contribution in [2.45, 2.75) is 25.7 Å². The average Bonchev–Trinajstić information content (AvgIpc) is 3.43. The number of aromatic carboxylic acids is 1. The summed E-state index contributed by atoms with van der Waals surface area (Å²) in [6.07, 6.45) is 3.49. The SMILES string of the molecule is Cc1c(-c2ccc(N)c(F)c2)ccn2c(=O)c(C(=O)O)cc(C3CC3)c12. The van der Waals surface area contributed by atoms with E-state index in [2.05, 4.69) is 0 Å². The van der Waals surface area contributed by atoms with E-state index in [1.54, 1.807) is 18.3 Å². The predicted molar refractivity (Wildman–Crippen MR) is 97.1 cm³/mol. The van der Waals surface area contributed by atoms with Gasteiger partial charge >= 0.3 is 5.97 Å². The number of rotatable bonds is 3. The van der Waals surface area contributed by atoms with Crippen LogP contribution in [0.5, 0.6) is 0 Å². The first-order valence-electron chi connectivity index (χ1n) is 8.36. The van der Waals surface area contributed by atoms with Gasteiger partial charge in [0.05, 0.1) is 11.2 Å². The molecule has 6 heteroatoms. The molecule has 1 aliphatic carbocycles. The number of anilines is 1. The largest absolute Gasteiger partial charge is 0.477 e. The molecule has 1 aromatic carbocycles. The minimum Gasteiger partial charge on any atom is -0.477 e. The van der Waals surface area contributed by atoms with Gasteiger partial charge in [-0.3, -0.25) is 9.20 Å². The van der Waals surface area contributed by atoms with E-state index in [0.29, 0.717) is 11.1 Å². The van der Waals surface area contributed by atoms with Crippen molar-refractivity contribution < 1.29 is 14.3 Å². The fourth-order valence-corrected chi connectivity index (χ4v) is 3.46. The maximum absolute atomic E-state index is 13.9. The molecule has 1 fully saturated rings. The van der Waals surface area contributed by atoms with Crippen molar-refractivity contribution in [3.63, 3.8) is 0 Å². The molecular weight excluding hydrogens is 335 g/mol. The Morgan fingerprint density at radius 1 is 1.27 bits per heavy atom. The number of carboxylic acids is 1. The summed E-state index contributed by atoms with van der Waals surface area (Å²) in [7, 11) is 0. The molecule has 0 atom stereocenters. The van der Waals surface area contributed by atoms with Crippen molar-refractivity contribution in [3.05, 3.63) is 69.4 Å². The molecule has 0 radical (unpaired) electrons. The molecule has 5 nitrogen and oxygen atoms in total. The van der Waals surface area contributed by atoms with Crippen molar-refractivity contribution >= 4 is 17.2 Å². The second-order valence-corrected chi connectivity index (χ2v) is 6.71. The van der Waals surface area contributed by atoms with Gasteiger partial charge < -0.3 is 10.8 Å². The zero-order chi connectivity index (χ0) is 18.6. The van der Waals surface area contributed by atoms with Crippen LogP contribution in [-0.2, 0) is 0 Å². The van der Waals surface area contributed by atoms with Crippen LogP contribution in [0.1, 0.15) is 40.2 Å². The van der Waals surface area contributed by atoms with Crippen molar-refractivity contribution in [2.24, 2.45) is 0 Å². The van der Waals surface area contributed by atoms with Gasteiger partial charge in [0.15, 0.2) is 0 Å². The Morgan fingerprint density at radius 3 is 2.62 bits per heavy atom. The van der Waals surface area contributed by atoms with Gasteiger partial charge in [-0.05, 0) is 72.2 Å². The number of carbonyl (C=O) groups is 1. The molecule has 0 aliphatic heterocycles. The lowest BCUT2D eigenvalue weighted by atomic mass is 9.96. The normalized spacial score (nSPS) is 13.9. The maximum Gasteiger partial charge on any atom is 0.341 e. The minimum atomic E-state index is -1.23. The average molecular weight is 352 g/mol. The molecule has 3 N–H and O–H groups in total. The number of aromatic nitrogens is 1. The Bertz CT molecular complexity index is 1130. The number of benzene rings is 1. The maximum atomic E-state index is 13.9. The third kappa shape index (κ3) is 2.45. The third-order valence-corrected chi connectivity index (χ3v) is 4.97. The molecule has 0 saturated heterocycles. The molecule has 2 aromatic heterocycles. The highest BCUT2D eigenvalue weighted by Gasteiger charge is 2.29. The quantitative estimate of drug-likeness (QED) is 0.706. The number of halogens is 1. The summed E-state index contributed by atoms with van der Waals surface area (Å²) >= 11 is 0. The van der Waals surface area contributed by atoms with Crippen LogP contribution in [0.25, 0.3) is 16.6 Å². The standard InChI is InChI=1S/C20H17FN2O3/c1-10-13(12-4-5-17(22)16(21)8-12)6-7-23-18(10)14(11-2-3-11)9-15(19(23)24)20(25)26/h4-9,11H,2-3,22H2,1H3,(H,25,26). The molecule has 2 heterocycles. The zero-order valence-corrected chi connectivity index (χ0v) is 14.1. The molecule has 0 spiro atoms. The van der Waals surface area contributed by atoms with Crippen LogP contribution >= 0.6 is 0 Å². The second kappa shape index (κ2) is 5.69. The Labute approximate surface area is 148 Å². The highest BCUT2D eigenvalue weighted by molar-refractivity contribution is 5.89. The van der Waals surface area contributed by atoms with E-state index in [1.165, 1.54) is 22.6 Å². The lowest BCUT2D eigenvalue weighted by Gasteiger charge is -2.15. The van der Waals surface area contributed by atoms with Crippen LogP contribution in [0.2, 0.25) is 0 Å². The van der Waals surface area contributed by atoms with Gasteiger partial charge in [-0.2, -0.15) is 0 Å². The number of nitrogens with two attached hydrogens (primary N) is 1. The number of carboxylic acid groups (broad SMARTS) is 1. The summed E-state index contributed by atoms with van der Waals surface area (Å²) in [5.74, 6) is -1.47. The molecule has 3 aromatic rings. The highest BCUT2D eigenvalue weighted by atomic mass is 19.1. The van der Waals surface area contributed by atoms with Crippen molar-refractivity contribution in [1.29, 1.82) is 0 Å². The minimum absolute atomic E-state index is 0.0770. The predicted octanol–water partition coefficient (Wildman–Crippen LogP) is 3.57. The van der Waals surface area contributed by atoms with Crippen LogP contribution in [0.15, 0.2) is 41.3 Å². The summed E-state index contributed by atoms with van der Waals surface area (Å²) in [4.78, 5) is 24.0. The van der Waals surface area contributed by atoms with E-state index in [0.717, 1.165) is 29.5 Å². The topological polar surface area (TPSA) is 84.8 Å². The second-order valence-electron chi connectivity index (χ2n) is 6.71. The van der Waals surface area contributed by atoms with Gasteiger partial charge in [0.2, 0.25) is 0 Å². The highest BCUT2D eigenvalue weighted by Crippen LogP contribution is 2.43. The van der Waals surface area contributed by atoms with E-state index in [4.69, 9.17) is 5.73 Å². The third-order valence-electron chi connectivity index (χ3n) is 4.97. The monoisotopic (exact) mass is 352 g/mol.